The minimum absolute atomic E-state index is 0. The molecule has 0 saturated heterocycles. The van der Waals surface area contributed by atoms with Gasteiger partial charge in [0.05, 0.1) is 25.6 Å². The molecule has 27 heavy (non-hydrogen) atoms. The molecule has 0 aliphatic heterocycles. The Hall–Kier alpha value is -0.110. The number of rotatable bonds is 16. The third-order valence-corrected chi connectivity index (χ3v) is 5.32. The summed E-state index contributed by atoms with van der Waals surface area (Å²) in [5.41, 5.74) is 1.35. The summed E-state index contributed by atoms with van der Waals surface area (Å²) in [5, 5.41) is 0. The number of hydrogen-bond acceptors (Lipinski definition) is 5. The summed E-state index contributed by atoms with van der Waals surface area (Å²) in [6.07, 6.45) is 9.00. The van der Waals surface area contributed by atoms with Crippen molar-refractivity contribution < 1.29 is 53.1 Å². The van der Waals surface area contributed by atoms with Gasteiger partial charge in [0, 0.05) is 0 Å². The first-order valence-electron chi connectivity index (χ1n) is 9.74. The molecule has 0 aliphatic rings. The van der Waals surface area contributed by atoms with Crippen LogP contribution < -0.4 is 34.3 Å². The summed E-state index contributed by atoms with van der Waals surface area (Å²) in [6.45, 7) is 4.89. The molecule has 0 saturated carbocycles. The molecule has 152 valence electrons. The second-order valence-corrected chi connectivity index (χ2v) is 8.22. The van der Waals surface area contributed by atoms with Gasteiger partial charge >= 0.3 is 29.6 Å². The summed E-state index contributed by atoms with van der Waals surface area (Å²) in [5.74, 6) is 0.801. The smallest absolute Gasteiger partial charge is 1.00 e. The Bertz CT molecular complexity index is 566. The molecule has 1 aromatic rings. The van der Waals surface area contributed by atoms with E-state index in [4.69, 9.17) is 13.7 Å². The van der Waals surface area contributed by atoms with Crippen molar-refractivity contribution in [2.75, 3.05) is 32.2 Å². The van der Waals surface area contributed by atoms with Crippen molar-refractivity contribution in [2.24, 2.45) is 0 Å². The maximum absolute atomic E-state index is 11.1. The molecule has 7 heteroatoms. The van der Waals surface area contributed by atoms with Gasteiger partial charge in [0.15, 0.2) is 0 Å². The molecule has 0 radical (unpaired) electrons. The minimum Gasteiger partial charge on any atom is -1.00 e. The molecule has 1 rings (SSSR count). The second-order valence-electron chi connectivity index (χ2n) is 6.29. The summed E-state index contributed by atoms with van der Waals surface area (Å²) < 4.78 is 37.9. The fourth-order valence-electron chi connectivity index (χ4n) is 2.49. The quantitative estimate of drug-likeness (QED) is 0.235. The fourth-order valence-corrected chi connectivity index (χ4v) is 2.97. The molecule has 1 aromatic carbocycles. The molecule has 0 atom stereocenters. The average molecular weight is 411 g/mol. The van der Waals surface area contributed by atoms with Crippen LogP contribution in [0.4, 0.5) is 0 Å². The van der Waals surface area contributed by atoms with Gasteiger partial charge in [-0.15, -0.1) is 0 Å². The van der Waals surface area contributed by atoms with E-state index >= 15 is 0 Å². The Kier molecular flexibility index (Phi) is 16.7. The normalized spacial score (nSPS) is 11.2. The standard InChI is InChI=1S/C20H34O5S.Na.H/c1-3-5-6-7-8-9-10-19-11-13-20(14-12-19)24-17-15-23-16-18-25-26(21,22)4-2;;/h11-14H,3-10,15-18H2,1-2H3;;/q;+1;-1. The van der Waals surface area contributed by atoms with Gasteiger partial charge in [-0.1, -0.05) is 51.2 Å². The van der Waals surface area contributed by atoms with Gasteiger partial charge in [-0.05, 0) is 37.5 Å². The Labute approximate surface area is 189 Å². The van der Waals surface area contributed by atoms with Crippen molar-refractivity contribution in [3.05, 3.63) is 29.8 Å². The molecule has 0 aliphatic carbocycles. The Morgan fingerprint density at radius 1 is 0.852 bits per heavy atom. The zero-order chi connectivity index (χ0) is 19.1. The SMILES string of the molecule is CCCCCCCCc1ccc(OCCOCCOS(=O)(=O)CC)cc1.[H-].[Na+]. The summed E-state index contributed by atoms with van der Waals surface area (Å²) in [6, 6.07) is 8.21. The van der Waals surface area contributed by atoms with Crippen LogP contribution in [0, 0.1) is 0 Å². The molecule has 0 bridgehead atoms. The van der Waals surface area contributed by atoms with Gasteiger partial charge in [-0.3, -0.25) is 4.18 Å². The third-order valence-electron chi connectivity index (χ3n) is 4.08. The predicted octanol–water partition coefficient (Wildman–Crippen LogP) is 1.47. The van der Waals surface area contributed by atoms with Gasteiger partial charge in [0.25, 0.3) is 10.1 Å². The molecule has 5 nitrogen and oxygen atoms in total. The number of unbranched alkanes of at least 4 members (excludes halogenated alkanes) is 5. The van der Waals surface area contributed by atoms with E-state index in [1.807, 2.05) is 12.1 Å². The van der Waals surface area contributed by atoms with E-state index in [2.05, 4.69) is 19.1 Å². The number of ether oxygens (including phenoxy) is 2. The molecule has 0 heterocycles. The van der Waals surface area contributed by atoms with Gasteiger partial charge in [0.1, 0.15) is 12.4 Å². The van der Waals surface area contributed by atoms with E-state index in [9.17, 15) is 8.42 Å². The molecule has 0 amide bonds. The van der Waals surface area contributed by atoms with Crippen molar-refractivity contribution in [3.63, 3.8) is 0 Å². The van der Waals surface area contributed by atoms with Crippen LogP contribution in [0.3, 0.4) is 0 Å². The van der Waals surface area contributed by atoms with Crippen LogP contribution in [-0.4, -0.2) is 40.6 Å². The third kappa shape index (κ3) is 14.5. The average Bonchev–Trinajstić information content (AvgIpc) is 2.65. The number of hydrogen-bond donors (Lipinski definition) is 0. The topological polar surface area (TPSA) is 61.8 Å². The number of aryl methyl sites for hydroxylation is 1. The van der Waals surface area contributed by atoms with Gasteiger partial charge in [0.2, 0.25) is 0 Å². The minimum atomic E-state index is -3.38. The Morgan fingerprint density at radius 2 is 1.48 bits per heavy atom. The van der Waals surface area contributed by atoms with Gasteiger partial charge < -0.3 is 10.9 Å². The van der Waals surface area contributed by atoms with Crippen molar-refractivity contribution in [1.82, 2.24) is 0 Å². The van der Waals surface area contributed by atoms with Crippen LogP contribution in [0.25, 0.3) is 0 Å². The van der Waals surface area contributed by atoms with E-state index in [0.717, 1.165) is 12.2 Å². The first kappa shape index (κ1) is 26.9. The van der Waals surface area contributed by atoms with Crippen LogP contribution >= 0.6 is 0 Å². The van der Waals surface area contributed by atoms with Crippen molar-refractivity contribution in [1.29, 1.82) is 0 Å². The molecular weight excluding hydrogens is 375 g/mol. The second kappa shape index (κ2) is 16.8. The van der Waals surface area contributed by atoms with Gasteiger partial charge in [-0.25, -0.2) is 0 Å². The fraction of sp³-hybridized carbons (Fsp3) is 0.700. The monoisotopic (exact) mass is 410 g/mol. The van der Waals surface area contributed by atoms with Crippen LogP contribution in [0.1, 0.15) is 59.4 Å². The van der Waals surface area contributed by atoms with E-state index < -0.39 is 10.1 Å². The molecule has 0 unspecified atom stereocenters. The molecule has 0 spiro atoms. The summed E-state index contributed by atoms with van der Waals surface area (Å²) >= 11 is 0. The van der Waals surface area contributed by atoms with Crippen molar-refractivity contribution in [3.8, 4) is 5.75 Å². The van der Waals surface area contributed by atoms with Crippen molar-refractivity contribution >= 4 is 10.1 Å². The maximum atomic E-state index is 11.1. The number of benzene rings is 1. The van der Waals surface area contributed by atoms with Crippen LogP contribution in [0.15, 0.2) is 24.3 Å². The Morgan fingerprint density at radius 3 is 2.15 bits per heavy atom. The first-order chi connectivity index (χ1) is 12.6. The zero-order valence-corrected chi connectivity index (χ0v) is 20.1. The summed E-state index contributed by atoms with van der Waals surface area (Å²) in [4.78, 5) is 0. The zero-order valence-electron chi connectivity index (χ0n) is 18.2. The van der Waals surface area contributed by atoms with Gasteiger partial charge in [-0.2, -0.15) is 8.42 Å². The molecule has 0 N–H and O–H groups in total. The van der Waals surface area contributed by atoms with E-state index in [0.29, 0.717) is 13.2 Å². The molecular formula is C20H35NaO5S. The molecule has 0 aromatic heterocycles. The van der Waals surface area contributed by atoms with Crippen LogP contribution in [-0.2, 0) is 25.5 Å². The predicted molar refractivity (Wildman–Crippen MR) is 106 cm³/mol. The first-order valence-corrected chi connectivity index (χ1v) is 11.3. The van der Waals surface area contributed by atoms with E-state index in [-0.39, 0.29) is 50.0 Å². The largest absolute Gasteiger partial charge is 1.00 e. The molecule has 0 fully saturated rings. The Balaban J connectivity index is 0. The van der Waals surface area contributed by atoms with E-state index in [1.165, 1.54) is 44.1 Å². The maximum Gasteiger partial charge on any atom is 1.00 e. The van der Waals surface area contributed by atoms with Crippen LogP contribution in [0.2, 0.25) is 0 Å². The summed E-state index contributed by atoms with van der Waals surface area (Å²) in [7, 11) is -3.38. The van der Waals surface area contributed by atoms with Crippen molar-refractivity contribution in [2.45, 2.75) is 58.8 Å². The van der Waals surface area contributed by atoms with E-state index in [1.54, 1.807) is 6.92 Å². The van der Waals surface area contributed by atoms with Crippen LogP contribution in [0.5, 0.6) is 5.75 Å².